The Kier molecular flexibility index (Phi) is 5.82. The number of para-hydroxylation sites is 1. The molecule has 1 aromatic carbocycles. The maximum absolute atomic E-state index is 13.1. The molecule has 31 heavy (non-hydrogen) atoms. The van der Waals surface area contributed by atoms with Crippen LogP contribution >= 0.6 is 11.3 Å². The van der Waals surface area contributed by atoms with E-state index in [0.29, 0.717) is 27.2 Å². The van der Waals surface area contributed by atoms with Gasteiger partial charge in [-0.25, -0.2) is 4.79 Å². The number of carbonyl (C=O) groups excluding carboxylic acids is 2. The third-order valence-electron chi connectivity index (χ3n) is 5.51. The number of nitrogens with zero attached hydrogens (tertiary/aromatic N) is 1. The van der Waals surface area contributed by atoms with Crippen LogP contribution in [0.25, 0.3) is 10.9 Å². The van der Waals surface area contributed by atoms with Gasteiger partial charge in [0, 0.05) is 18.1 Å². The molecule has 0 unspecified atom stereocenters. The molecule has 0 atom stereocenters. The fourth-order valence-corrected chi connectivity index (χ4v) is 5.37. The minimum Gasteiger partial charge on any atom is -0.495 e. The van der Waals surface area contributed by atoms with E-state index in [2.05, 4.69) is 5.32 Å². The van der Waals surface area contributed by atoms with Crippen LogP contribution in [-0.4, -0.2) is 30.2 Å². The topological polar surface area (TPSA) is 86.6 Å². The molecular formula is C23H24N2O5S. The number of nitrogens with one attached hydrogen (secondary N) is 1. The van der Waals surface area contributed by atoms with Crippen molar-refractivity contribution in [2.45, 2.75) is 32.6 Å². The molecule has 0 saturated heterocycles. The monoisotopic (exact) mass is 440 g/mol. The molecule has 1 aliphatic carbocycles. The van der Waals surface area contributed by atoms with Gasteiger partial charge in [0.15, 0.2) is 0 Å². The Morgan fingerprint density at radius 1 is 1.23 bits per heavy atom. The van der Waals surface area contributed by atoms with Crippen LogP contribution in [-0.2, 0) is 24.6 Å². The Morgan fingerprint density at radius 2 is 2.00 bits per heavy atom. The van der Waals surface area contributed by atoms with E-state index in [1.54, 1.807) is 36.7 Å². The first-order chi connectivity index (χ1) is 15.0. The molecule has 0 saturated carbocycles. The zero-order chi connectivity index (χ0) is 22.1. The summed E-state index contributed by atoms with van der Waals surface area (Å²) in [5.74, 6) is -0.428. The first kappa shape index (κ1) is 21.1. The van der Waals surface area contributed by atoms with E-state index >= 15 is 0 Å². The van der Waals surface area contributed by atoms with Crippen LogP contribution in [0, 0.1) is 0 Å². The fourth-order valence-electron chi connectivity index (χ4n) is 4.10. The van der Waals surface area contributed by atoms with Crippen molar-refractivity contribution in [1.82, 2.24) is 4.57 Å². The number of hydrogen-bond acceptors (Lipinski definition) is 6. The molecule has 4 rings (SSSR count). The maximum Gasteiger partial charge on any atom is 0.341 e. The van der Waals surface area contributed by atoms with E-state index in [4.69, 9.17) is 9.47 Å². The van der Waals surface area contributed by atoms with Crippen LogP contribution in [0.15, 0.2) is 29.2 Å². The molecule has 8 heteroatoms. The van der Waals surface area contributed by atoms with Crippen LogP contribution in [0.2, 0.25) is 0 Å². The summed E-state index contributed by atoms with van der Waals surface area (Å²) in [7, 11) is 3.30. The van der Waals surface area contributed by atoms with Crippen molar-refractivity contribution in [2.75, 3.05) is 19.0 Å². The van der Waals surface area contributed by atoms with Gasteiger partial charge in [0.25, 0.3) is 5.91 Å². The molecule has 7 nitrogen and oxygen atoms in total. The lowest BCUT2D eigenvalue weighted by Crippen LogP contribution is -2.24. The van der Waals surface area contributed by atoms with Gasteiger partial charge in [0.1, 0.15) is 16.3 Å². The van der Waals surface area contributed by atoms with Crippen molar-refractivity contribution in [3.63, 3.8) is 0 Å². The molecule has 1 aliphatic rings. The number of ether oxygens (including phenoxy) is 2. The summed E-state index contributed by atoms with van der Waals surface area (Å²) in [6, 6.07) is 5.16. The lowest BCUT2D eigenvalue weighted by Gasteiger charge is -2.13. The second kappa shape index (κ2) is 8.55. The van der Waals surface area contributed by atoms with E-state index < -0.39 is 11.9 Å². The summed E-state index contributed by atoms with van der Waals surface area (Å²) in [6.45, 7) is 2.01. The third kappa shape index (κ3) is 3.72. The van der Waals surface area contributed by atoms with Gasteiger partial charge in [-0.05, 0) is 50.3 Å². The predicted octanol–water partition coefficient (Wildman–Crippen LogP) is 3.92. The molecule has 2 aromatic heterocycles. The zero-order valence-corrected chi connectivity index (χ0v) is 18.6. The van der Waals surface area contributed by atoms with Gasteiger partial charge in [-0.2, -0.15) is 0 Å². The lowest BCUT2D eigenvalue weighted by molar-refractivity contribution is 0.0526. The summed E-state index contributed by atoms with van der Waals surface area (Å²) in [6.07, 6.45) is 5.21. The second-order valence-electron chi connectivity index (χ2n) is 7.43. The molecule has 0 fully saturated rings. The minimum atomic E-state index is -0.547. The molecule has 3 aromatic rings. The Morgan fingerprint density at radius 3 is 2.74 bits per heavy atom. The molecule has 0 spiro atoms. The van der Waals surface area contributed by atoms with Gasteiger partial charge >= 0.3 is 5.97 Å². The van der Waals surface area contributed by atoms with Gasteiger partial charge in [-0.1, -0.05) is 6.07 Å². The summed E-state index contributed by atoms with van der Waals surface area (Å²) in [4.78, 5) is 39.9. The number of benzene rings is 1. The number of anilines is 1. The number of amides is 1. The first-order valence-corrected chi connectivity index (χ1v) is 11.1. The van der Waals surface area contributed by atoms with Crippen molar-refractivity contribution >= 4 is 39.1 Å². The zero-order valence-electron chi connectivity index (χ0n) is 17.7. The Balaban J connectivity index is 1.77. The summed E-state index contributed by atoms with van der Waals surface area (Å²) in [5, 5.41) is 3.66. The van der Waals surface area contributed by atoms with Gasteiger partial charge in [0.05, 0.1) is 30.2 Å². The smallest absolute Gasteiger partial charge is 0.341 e. The summed E-state index contributed by atoms with van der Waals surface area (Å²) < 4.78 is 12.3. The van der Waals surface area contributed by atoms with Gasteiger partial charge in [-0.3, -0.25) is 9.59 Å². The summed E-state index contributed by atoms with van der Waals surface area (Å²) >= 11 is 1.40. The number of aromatic nitrogens is 1. The molecule has 1 N–H and O–H groups in total. The lowest BCUT2D eigenvalue weighted by atomic mass is 9.95. The SMILES string of the molecule is CCOC(=O)c1c(NC(=O)c2cn(C)c3c(OC)cccc3c2=O)sc2c1CCCC2. The number of carbonyl (C=O) groups is 2. The standard InChI is InChI=1S/C23H24N2O5S/c1-4-30-23(28)18-13-8-5-6-11-17(13)31-22(18)24-21(27)15-12-25(2)19-14(20(15)26)9-7-10-16(19)29-3/h7,9-10,12H,4-6,8,11H2,1-3H3,(H,24,27). The van der Waals surface area contributed by atoms with E-state index in [-0.39, 0.29) is 17.6 Å². The third-order valence-corrected chi connectivity index (χ3v) is 6.71. The van der Waals surface area contributed by atoms with Crippen molar-refractivity contribution in [3.05, 3.63) is 56.2 Å². The molecule has 162 valence electrons. The summed E-state index contributed by atoms with van der Waals surface area (Å²) in [5.41, 5.74) is 1.62. The van der Waals surface area contributed by atoms with Crippen LogP contribution in [0.5, 0.6) is 5.75 Å². The largest absolute Gasteiger partial charge is 0.495 e. The highest BCUT2D eigenvalue weighted by Gasteiger charge is 2.28. The molecule has 0 radical (unpaired) electrons. The van der Waals surface area contributed by atoms with Crippen LogP contribution in [0.4, 0.5) is 5.00 Å². The molecule has 2 heterocycles. The number of pyridine rings is 1. The average Bonchev–Trinajstić information content (AvgIpc) is 3.13. The fraction of sp³-hybridized carbons (Fsp3) is 0.348. The Bertz CT molecular complexity index is 1240. The van der Waals surface area contributed by atoms with Gasteiger partial charge in [0.2, 0.25) is 5.43 Å². The van der Waals surface area contributed by atoms with Crippen LogP contribution < -0.4 is 15.5 Å². The highest BCUT2D eigenvalue weighted by Crippen LogP contribution is 2.38. The van der Waals surface area contributed by atoms with Crippen LogP contribution in [0.3, 0.4) is 0 Å². The van der Waals surface area contributed by atoms with E-state index in [9.17, 15) is 14.4 Å². The predicted molar refractivity (Wildman–Crippen MR) is 121 cm³/mol. The molecule has 0 bridgehead atoms. The van der Waals surface area contributed by atoms with Crippen molar-refractivity contribution < 1.29 is 19.1 Å². The number of aryl methyl sites for hydroxylation is 2. The highest BCUT2D eigenvalue weighted by atomic mass is 32.1. The van der Waals surface area contributed by atoms with E-state index in [1.165, 1.54) is 24.6 Å². The quantitative estimate of drug-likeness (QED) is 0.608. The highest BCUT2D eigenvalue weighted by molar-refractivity contribution is 7.17. The minimum absolute atomic E-state index is 0.00411. The van der Waals surface area contributed by atoms with Crippen molar-refractivity contribution in [3.8, 4) is 5.75 Å². The number of thiophene rings is 1. The second-order valence-corrected chi connectivity index (χ2v) is 8.53. The normalized spacial score (nSPS) is 13.0. The van der Waals surface area contributed by atoms with Crippen LogP contribution in [0.1, 0.15) is 50.9 Å². The van der Waals surface area contributed by atoms with Gasteiger partial charge < -0.3 is 19.4 Å². The van der Waals surface area contributed by atoms with Gasteiger partial charge in [-0.15, -0.1) is 11.3 Å². The average molecular weight is 441 g/mol. The molecule has 0 aliphatic heterocycles. The molecule has 1 amide bonds. The first-order valence-electron chi connectivity index (χ1n) is 10.3. The molecular weight excluding hydrogens is 416 g/mol. The Labute approximate surface area is 183 Å². The number of esters is 1. The maximum atomic E-state index is 13.1. The number of fused-ring (bicyclic) bond motifs is 2. The van der Waals surface area contributed by atoms with Crippen molar-refractivity contribution in [1.29, 1.82) is 0 Å². The van der Waals surface area contributed by atoms with Crippen molar-refractivity contribution in [2.24, 2.45) is 7.05 Å². The van der Waals surface area contributed by atoms with E-state index in [1.807, 2.05) is 0 Å². The number of hydrogen-bond donors (Lipinski definition) is 1. The number of methoxy groups -OCH3 is 1. The van der Waals surface area contributed by atoms with E-state index in [0.717, 1.165) is 36.1 Å². The Hall–Kier alpha value is -3.13. The number of rotatable bonds is 5.